The Morgan fingerprint density at radius 2 is 2.10 bits per heavy atom. The molecule has 0 N–H and O–H groups in total. The van der Waals surface area contributed by atoms with Crippen molar-refractivity contribution in [1.82, 2.24) is 24.5 Å². The highest BCUT2D eigenvalue weighted by Crippen LogP contribution is 2.31. The van der Waals surface area contributed by atoms with Crippen LogP contribution in [0.2, 0.25) is 5.02 Å². The van der Waals surface area contributed by atoms with E-state index in [9.17, 15) is 4.79 Å². The van der Waals surface area contributed by atoms with E-state index in [1.165, 1.54) is 6.42 Å². The molecular formula is C21H25ClN6O2. The Labute approximate surface area is 179 Å². The topological polar surface area (TPSA) is 75.9 Å². The summed E-state index contributed by atoms with van der Waals surface area (Å²) in [5.41, 5.74) is 1.52. The van der Waals surface area contributed by atoms with Gasteiger partial charge in [0.1, 0.15) is 6.61 Å². The highest BCUT2D eigenvalue weighted by molar-refractivity contribution is 6.31. The number of halogens is 1. The number of ether oxygens (including phenoxy) is 1. The van der Waals surface area contributed by atoms with Crippen molar-refractivity contribution >= 4 is 40.0 Å². The van der Waals surface area contributed by atoms with Gasteiger partial charge in [-0.05, 0) is 38.0 Å². The molecule has 2 aromatic heterocycles. The summed E-state index contributed by atoms with van der Waals surface area (Å²) >= 11 is 6.23. The van der Waals surface area contributed by atoms with E-state index in [4.69, 9.17) is 21.3 Å². The minimum atomic E-state index is 0.112. The number of methoxy groups -OCH3 is 1. The Bertz CT molecular complexity index is 1110. The van der Waals surface area contributed by atoms with E-state index in [2.05, 4.69) is 22.0 Å². The van der Waals surface area contributed by atoms with E-state index in [1.54, 1.807) is 7.11 Å². The number of nitrogens with zero attached hydrogens (tertiary/aromatic N) is 6. The standard InChI is InChI=1S/C21H25ClN6O2/c1-13-11-26(8-9-27(13)20(29)14-4-3-5-14)21-23-17-10-15(22)6-7-16(17)19-25-24-18(12-30-2)28(19)21/h6-7,10,13-14H,3-5,8-9,11-12H2,1-2H3. The van der Waals surface area contributed by atoms with E-state index < -0.39 is 0 Å². The molecule has 30 heavy (non-hydrogen) atoms. The molecule has 1 saturated heterocycles. The van der Waals surface area contributed by atoms with Crippen LogP contribution in [0.1, 0.15) is 32.0 Å². The normalized spacial score (nSPS) is 20.2. The van der Waals surface area contributed by atoms with Crippen LogP contribution in [-0.4, -0.2) is 63.2 Å². The zero-order chi connectivity index (χ0) is 20.8. The van der Waals surface area contributed by atoms with Crippen LogP contribution in [0.25, 0.3) is 16.6 Å². The van der Waals surface area contributed by atoms with Crippen LogP contribution in [0.5, 0.6) is 0 Å². The van der Waals surface area contributed by atoms with Gasteiger partial charge in [0, 0.05) is 49.1 Å². The maximum absolute atomic E-state index is 12.8. The second-order valence-electron chi connectivity index (χ2n) is 8.24. The Morgan fingerprint density at radius 3 is 2.80 bits per heavy atom. The third kappa shape index (κ3) is 3.18. The number of anilines is 1. The van der Waals surface area contributed by atoms with Gasteiger partial charge >= 0.3 is 0 Å². The van der Waals surface area contributed by atoms with E-state index in [0.717, 1.165) is 35.3 Å². The summed E-state index contributed by atoms with van der Waals surface area (Å²) in [5, 5.41) is 10.3. The summed E-state index contributed by atoms with van der Waals surface area (Å²) in [4.78, 5) is 22.0. The molecular weight excluding hydrogens is 404 g/mol. The summed E-state index contributed by atoms with van der Waals surface area (Å²) in [6.45, 7) is 4.55. The Morgan fingerprint density at radius 1 is 1.27 bits per heavy atom. The first-order valence-electron chi connectivity index (χ1n) is 10.4. The quantitative estimate of drug-likeness (QED) is 0.636. The highest BCUT2D eigenvalue weighted by atomic mass is 35.5. The van der Waals surface area contributed by atoms with Crippen LogP contribution >= 0.6 is 11.6 Å². The van der Waals surface area contributed by atoms with Gasteiger partial charge in [-0.15, -0.1) is 10.2 Å². The summed E-state index contributed by atoms with van der Waals surface area (Å²) in [6.07, 6.45) is 3.23. The fourth-order valence-corrected chi connectivity index (χ4v) is 4.60. The van der Waals surface area contributed by atoms with Crippen LogP contribution in [0, 0.1) is 5.92 Å². The van der Waals surface area contributed by atoms with Crippen molar-refractivity contribution in [2.45, 2.75) is 38.8 Å². The number of hydrogen-bond donors (Lipinski definition) is 0. The molecule has 3 heterocycles. The molecule has 1 aliphatic heterocycles. The number of rotatable bonds is 4. The van der Waals surface area contributed by atoms with E-state index in [0.29, 0.717) is 43.0 Å². The molecule has 0 bridgehead atoms. The summed E-state index contributed by atoms with van der Waals surface area (Å²) < 4.78 is 7.31. The van der Waals surface area contributed by atoms with Gasteiger partial charge in [0.05, 0.1) is 5.52 Å². The fraction of sp³-hybridized carbons (Fsp3) is 0.524. The van der Waals surface area contributed by atoms with Gasteiger partial charge in [0.2, 0.25) is 11.9 Å². The SMILES string of the molecule is COCc1nnc2c3ccc(Cl)cc3nc(N3CCN(C(=O)C4CCC4)C(C)C3)n12. The fourth-order valence-electron chi connectivity index (χ4n) is 4.44. The molecule has 1 saturated carbocycles. The molecule has 3 aromatic rings. The van der Waals surface area contributed by atoms with Crippen molar-refractivity contribution in [3.05, 3.63) is 29.0 Å². The predicted octanol–water partition coefficient (Wildman–Crippen LogP) is 2.91. The highest BCUT2D eigenvalue weighted by Gasteiger charge is 2.35. The maximum Gasteiger partial charge on any atom is 0.226 e. The molecule has 9 heteroatoms. The van der Waals surface area contributed by atoms with Crippen LogP contribution in [0.3, 0.4) is 0 Å². The Balaban J connectivity index is 1.54. The lowest BCUT2D eigenvalue weighted by Gasteiger charge is -2.43. The van der Waals surface area contributed by atoms with E-state index >= 15 is 0 Å². The van der Waals surface area contributed by atoms with Gasteiger partial charge in [-0.3, -0.25) is 4.79 Å². The molecule has 2 aliphatic rings. The molecule has 0 radical (unpaired) electrons. The van der Waals surface area contributed by atoms with Gasteiger partial charge in [0.15, 0.2) is 11.5 Å². The summed E-state index contributed by atoms with van der Waals surface area (Å²) in [6, 6.07) is 5.72. The average molecular weight is 429 g/mol. The van der Waals surface area contributed by atoms with Gasteiger partial charge < -0.3 is 14.5 Å². The first kappa shape index (κ1) is 19.5. The number of hydrogen-bond acceptors (Lipinski definition) is 6. The summed E-state index contributed by atoms with van der Waals surface area (Å²) in [7, 11) is 1.64. The average Bonchev–Trinajstić information content (AvgIpc) is 3.10. The van der Waals surface area contributed by atoms with E-state index in [1.807, 2.05) is 27.5 Å². The van der Waals surface area contributed by atoms with Crippen molar-refractivity contribution in [1.29, 1.82) is 0 Å². The minimum absolute atomic E-state index is 0.112. The molecule has 1 aromatic carbocycles. The van der Waals surface area contributed by atoms with Gasteiger partial charge in [-0.25, -0.2) is 9.38 Å². The smallest absolute Gasteiger partial charge is 0.226 e. The molecule has 1 unspecified atom stereocenters. The lowest BCUT2D eigenvalue weighted by molar-refractivity contribution is -0.140. The molecule has 1 aliphatic carbocycles. The number of fused-ring (bicyclic) bond motifs is 3. The molecule has 1 amide bonds. The lowest BCUT2D eigenvalue weighted by Crippen LogP contribution is -2.56. The van der Waals surface area contributed by atoms with Crippen LogP contribution in [0.15, 0.2) is 18.2 Å². The first-order chi connectivity index (χ1) is 14.6. The predicted molar refractivity (Wildman–Crippen MR) is 115 cm³/mol. The van der Waals surface area contributed by atoms with Gasteiger partial charge in [0.25, 0.3) is 0 Å². The molecule has 8 nitrogen and oxygen atoms in total. The minimum Gasteiger partial charge on any atom is -0.377 e. The molecule has 158 valence electrons. The lowest BCUT2D eigenvalue weighted by atomic mass is 9.84. The van der Waals surface area contributed by atoms with Crippen molar-refractivity contribution in [2.24, 2.45) is 5.92 Å². The molecule has 5 rings (SSSR count). The van der Waals surface area contributed by atoms with Crippen LogP contribution in [-0.2, 0) is 16.1 Å². The number of amides is 1. The van der Waals surface area contributed by atoms with Crippen molar-refractivity contribution in [2.75, 3.05) is 31.6 Å². The largest absolute Gasteiger partial charge is 0.377 e. The number of piperazine rings is 1. The number of carbonyl (C=O) groups is 1. The molecule has 0 spiro atoms. The number of benzene rings is 1. The van der Waals surface area contributed by atoms with Crippen LogP contribution < -0.4 is 4.90 Å². The van der Waals surface area contributed by atoms with Gasteiger partial charge in [-0.1, -0.05) is 18.0 Å². The monoisotopic (exact) mass is 428 g/mol. The van der Waals surface area contributed by atoms with Crippen LogP contribution in [0.4, 0.5) is 5.95 Å². The van der Waals surface area contributed by atoms with Crippen molar-refractivity contribution in [3.8, 4) is 0 Å². The maximum atomic E-state index is 12.8. The third-order valence-electron chi connectivity index (χ3n) is 6.27. The number of carbonyl (C=O) groups excluding carboxylic acids is 1. The zero-order valence-corrected chi connectivity index (χ0v) is 18.0. The second-order valence-corrected chi connectivity index (χ2v) is 8.67. The molecule has 2 fully saturated rings. The summed E-state index contributed by atoms with van der Waals surface area (Å²) in [5.74, 6) is 1.99. The second kappa shape index (κ2) is 7.67. The Kier molecular flexibility index (Phi) is 4.99. The Hall–Kier alpha value is -2.45. The first-order valence-corrected chi connectivity index (χ1v) is 10.8. The zero-order valence-electron chi connectivity index (χ0n) is 17.2. The van der Waals surface area contributed by atoms with Crippen molar-refractivity contribution < 1.29 is 9.53 Å². The van der Waals surface area contributed by atoms with E-state index in [-0.39, 0.29) is 12.0 Å². The molecule has 1 atom stereocenters. The van der Waals surface area contributed by atoms with Crippen molar-refractivity contribution in [3.63, 3.8) is 0 Å². The van der Waals surface area contributed by atoms with Gasteiger partial charge in [-0.2, -0.15) is 0 Å². The number of aromatic nitrogens is 4. The third-order valence-corrected chi connectivity index (χ3v) is 6.51.